The number of hydrogen-bond donors (Lipinski definition) is 0. The van der Waals surface area contributed by atoms with Gasteiger partial charge in [-0.1, -0.05) is 0 Å². The van der Waals surface area contributed by atoms with Crippen LogP contribution in [0.4, 0.5) is 0 Å². The normalized spacial score (nSPS) is 13.1. The van der Waals surface area contributed by atoms with Gasteiger partial charge in [-0.25, -0.2) is 0 Å². The second kappa shape index (κ2) is 11.3. The second-order valence-corrected chi connectivity index (χ2v) is 32.6. The van der Waals surface area contributed by atoms with E-state index in [1.54, 1.807) is 25.5 Å². The largest absolute Gasteiger partial charge is 1.00 e. The fraction of sp³-hybridized carbons (Fsp3) is 0.333. The molecule has 0 saturated heterocycles. The minimum Gasteiger partial charge on any atom is -1.00 e. The Bertz CT molecular complexity index is 1570. The van der Waals surface area contributed by atoms with Crippen LogP contribution in [0, 0.1) is 0 Å². The third-order valence-electron chi connectivity index (χ3n) is 8.74. The molecule has 6 rings (SSSR count). The SMILES string of the molecule is C[SiH](C)[Zr+2]([c]1cccc2c1Cc1ccccc1-2)[c]1c(C(C)(C)C)ccc2c1Cc1cc(C(C)(C)C)ccc1-2.[Cl-].[Cl-]. The zero-order valence-electron chi connectivity index (χ0n) is 25.2. The van der Waals surface area contributed by atoms with Crippen molar-refractivity contribution in [1.29, 1.82) is 0 Å². The zero-order valence-corrected chi connectivity index (χ0v) is 30.3. The molecule has 4 heteroatoms. The molecule has 0 spiro atoms. The third-order valence-corrected chi connectivity index (χ3v) is 27.3. The van der Waals surface area contributed by atoms with E-state index < -0.39 is 26.8 Å². The van der Waals surface area contributed by atoms with Gasteiger partial charge in [0.05, 0.1) is 0 Å². The monoisotopic (exact) mass is 661 g/mol. The molecule has 0 amide bonds. The van der Waals surface area contributed by atoms with E-state index in [0.29, 0.717) is 0 Å². The Balaban J connectivity index is 0.00000185. The molecule has 4 aromatic carbocycles. The number of fused-ring (bicyclic) bond motifs is 6. The van der Waals surface area contributed by atoms with Gasteiger partial charge in [0.15, 0.2) is 0 Å². The molecule has 0 radical (unpaired) electrons. The minimum atomic E-state index is -2.22. The topological polar surface area (TPSA) is 0 Å². The Labute approximate surface area is 263 Å². The Morgan fingerprint density at radius 1 is 0.600 bits per heavy atom. The van der Waals surface area contributed by atoms with Crippen molar-refractivity contribution in [3.8, 4) is 22.3 Å². The summed E-state index contributed by atoms with van der Waals surface area (Å²) in [5, 5.41) is 0. The first kappa shape index (κ1) is 31.5. The molecule has 4 aromatic rings. The van der Waals surface area contributed by atoms with Crippen LogP contribution in [0.1, 0.15) is 74.9 Å². The van der Waals surface area contributed by atoms with Crippen LogP contribution >= 0.6 is 0 Å². The van der Waals surface area contributed by atoms with Crippen LogP contribution < -0.4 is 31.4 Å². The van der Waals surface area contributed by atoms with Gasteiger partial charge in [-0.2, -0.15) is 0 Å². The third kappa shape index (κ3) is 5.28. The van der Waals surface area contributed by atoms with Crippen LogP contribution in [0.2, 0.25) is 13.1 Å². The summed E-state index contributed by atoms with van der Waals surface area (Å²) < 4.78 is 3.63. The van der Waals surface area contributed by atoms with E-state index in [0.717, 1.165) is 12.8 Å². The van der Waals surface area contributed by atoms with E-state index in [2.05, 4.69) is 127 Å². The molecule has 0 nitrogen and oxygen atoms in total. The molecule has 0 unspecified atom stereocenters. The van der Waals surface area contributed by atoms with Crippen molar-refractivity contribution in [3.63, 3.8) is 0 Å². The molecule has 0 bridgehead atoms. The van der Waals surface area contributed by atoms with Crippen LogP contribution in [-0.2, 0) is 44.6 Å². The quantitative estimate of drug-likeness (QED) is 0.255. The smallest absolute Gasteiger partial charge is 1.00 e. The molecule has 0 aliphatic heterocycles. The average molecular weight is 664 g/mol. The molecular weight excluding hydrogens is 623 g/mol. The van der Waals surface area contributed by atoms with Crippen molar-refractivity contribution in [2.45, 2.75) is 78.3 Å². The van der Waals surface area contributed by atoms with Gasteiger partial charge in [0.25, 0.3) is 0 Å². The van der Waals surface area contributed by atoms with Crippen molar-refractivity contribution in [2.75, 3.05) is 0 Å². The minimum absolute atomic E-state index is 0. The van der Waals surface area contributed by atoms with Gasteiger partial charge in [-0.15, -0.1) is 0 Å². The van der Waals surface area contributed by atoms with E-state index in [9.17, 15) is 0 Å². The van der Waals surface area contributed by atoms with Gasteiger partial charge < -0.3 is 24.8 Å². The Hall–Kier alpha value is -1.44. The number of hydrogen-bond acceptors (Lipinski definition) is 0. The number of rotatable bonds is 3. The van der Waals surface area contributed by atoms with Crippen molar-refractivity contribution in [3.05, 3.63) is 106 Å². The fourth-order valence-corrected chi connectivity index (χ4v) is 26.3. The molecule has 2 aliphatic rings. The summed E-state index contributed by atoms with van der Waals surface area (Å²) in [6.07, 6.45) is 2.22. The molecule has 0 saturated carbocycles. The summed E-state index contributed by atoms with van der Waals surface area (Å²) in [5.74, 6) is -0.944. The summed E-state index contributed by atoms with van der Waals surface area (Å²) in [4.78, 5) is 0. The maximum absolute atomic E-state index is 2.65. The first-order valence-corrected chi connectivity index (χ1v) is 23.9. The standard InChI is InChI=1S/C21H25.C13H9.C2H7Si.2ClH.Zr/c1-20(2,3)16-7-9-18-14(12-16)11-15-13-17(21(4,5)6)8-10-19(15)18;1-3-7-12-10(5-1)9-11-6-2-4-8-13(11)12;1-3-2;;;/h7-10,12H,11H2,1-6H3;1-5,7-8H,9H2;3H,1-2H3;2*1H;/q;;;;;+2/p-2. The van der Waals surface area contributed by atoms with Gasteiger partial charge in [-0.05, 0) is 0 Å². The average Bonchev–Trinajstić information content (AvgIpc) is 3.41. The Morgan fingerprint density at radius 2 is 1.20 bits per heavy atom. The molecule has 40 heavy (non-hydrogen) atoms. The van der Waals surface area contributed by atoms with Gasteiger partial charge in [0.2, 0.25) is 0 Å². The van der Waals surface area contributed by atoms with Crippen molar-refractivity contribution in [1.82, 2.24) is 0 Å². The molecule has 0 atom stereocenters. The summed E-state index contributed by atoms with van der Waals surface area (Å²) in [6, 6.07) is 28.7. The van der Waals surface area contributed by atoms with E-state index in [-0.39, 0.29) is 35.6 Å². The zero-order chi connectivity index (χ0) is 27.0. The predicted molar refractivity (Wildman–Crippen MR) is 165 cm³/mol. The Kier molecular flexibility index (Phi) is 8.92. The van der Waals surface area contributed by atoms with Crippen LogP contribution in [0.25, 0.3) is 22.3 Å². The molecule has 0 aromatic heterocycles. The van der Waals surface area contributed by atoms with E-state index in [4.69, 9.17) is 0 Å². The van der Waals surface area contributed by atoms with Gasteiger partial charge in [0, 0.05) is 0 Å². The van der Waals surface area contributed by atoms with E-state index >= 15 is 0 Å². The van der Waals surface area contributed by atoms with Crippen molar-refractivity contribution < 1.29 is 45.7 Å². The van der Waals surface area contributed by atoms with Crippen LogP contribution in [0.3, 0.4) is 0 Å². The molecule has 0 heterocycles. The summed E-state index contributed by atoms with van der Waals surface area (Å²) in [6.45, 7) is 19.6. The van der Waals surface area contributed by atoms with Crippen LogP contribution in [-0.4, -0.2) is 5.92 Å². The summed E-state index contributed by atoms with van der Waals surface area (Å²) in [5.41, 5.74) is 15.8. The molecule has 0 fully saturated rings. The van der Waals surface area contributed by atoms with Crippen LogP contribution in [0.5, 0.6) is 0 Å². The molecular formula is C36H41Cl2SiZr. The molecule has 207 valence electrons. The second-order valence-electron chi connectivity index (χ2n) is 13.8. The van der Waals surface area contributed by atoms with Crippen molar-refractivity contribution >= 4 is 12.5 Å². The number of benzene rings is 4. The maximum atomic E-state index is 2.65. The van der Waals surface area contributed by atoms with Crippen molar-refractivity contribution in [2.24, 2.45) is 0 Å². The first-order valence-electron chi connectivity index (χ1n) is 14.3. The van der Waals surface area contributed by atoms with E-state index in [1.807, 2.05) is 3.27 Å². The fourth-order valence-electron chi connectivity index (χ4n) is 6.82. The predicted octanol–water partition coefficient (Wildman–Crippen LogP) is 1.98. The number of halogens is 2. The van der Waals surface area contributed by atoms with Crippen LogP contribution in [0.15, 0.2) is 72.8 Å². The van der Waals surface area contributed by atoms with Gasteiger partial charge >= 0.3 is 240 Å². The Morgan fingerprint density at radius 3 is 1.88 bits per heavy atom. The molecule has 2 aliphatic carbocycles. The van der Waals surface area contributed by atoms with E-state index in [1.165, 1.54) is 33.4 Å². The molecule has 0 N–H and O–H groups in total. The van der Waals surface area contributed by atoms with Gasteiger partial charge in [0.1, 0.15) is 0 Å². The maximum Gasteiger partial charge on any atom is -1.00 e. The summed E-state index contributed by atoms with van der Waals surface area (Å²) in [7, 11) is 0. The first-order chi connectivity index (χ1) is 17.9. The van der Waals surface area contributed by atoms with Gasteiger partial charge in [-0.3, -0.25) is 0 Å². The summed E-state index contributed by atoms with van der Waals surface area (Å²) >= 11 is -2.22.